The van der Waals surface area contributed by atoms with Gasteiger partial charge in [-0.1, -0.05) is 134 Å². The van der Waals surface area contributed by atoms with Crippen LogP contribution in [0.2, 0.25) is 0 Å². The molecule has 3 heterocycles. The fraction of sp³-hybridized carbons (Fsp3) is 0.0847. The van der Waals surface area contributed by atoms with Crippen LogP contribution in [0.4, 0.5) is 0 Å². The van der Waals surface area contributed by atoms with E-state index in [-0.39, 0.29) is 6.04 Å². The molecule has 0 amide bonds. The van der Waals surface area contributed by atoms with Crippen LogP contribution in [0.5, 0.6) is 0 Å². The number of hydrogen-bond donors (Lipinski definition) is 1. The minimum absolute atomic E-state index is 0.280. The summed E-state index contributed by atoms with van der Waals surface area (Å²) in [6, 6.07) is 58.7. The van der Waals surface area contributed by atoms with Gasteiger partial charge in [0, 0.05) is 44.2 Å². The summed E-state index contributed by atoms with van der Waals surface area (Å²) in [6.07, 6.45) is 20.2. The molecule has 2 aliphatic carbocycles. The first kappa shape index (κ1) is 37.6. The molecule has 1 atom stereocenters. The molecule has 1 N–H and O–H groups in total. The van der Waals surface area contributed by atoms with Crippen molar-refractivity contribution in [1.29, 1.82) is 5.26 Å². The quantitative estimate of drug-likeness (QED) is 0.174. The van der Waals surface area contributed by atoms with E-state index < -0.39 is 0 Å². The van der Waals surface area contributed by atoms with Crippen LogP contribution in [0, 0.1) is 11.3 Å². The third kappa shape index (κ3) is 6.51. The maximum Gasteiger partial charge on any atom is 0.133 e. The molecule has 304 valence electrons. The summed E-state index contributed by atoms with van der Waals surface area (Å²) in [7, 11) is 0. The predicted molar refractivity (Wildman–Crippen MR) is 266 cm³/mol. The number of aliphatic imine (C=N–C) groups is 1. The van der Waals surface area contributed by atoms with Crippen LogP contribution in [-0.4, -0.2) is 15.0 Å². The third-order valence-corrected chi connectivity index (χ3v) is 13.0. The highest BCUT2D eigenvalue weighted by Crippen LogP contribution is 2.39. The summed E-state index contributed by atoms with van der Waals surface area (Å²) in [5.74, 6) is 0.737. The SMILES string of the molecule is N#Cc1cccc(C2=NC(c3cccc(-n4c5ccccc5c5ccc(-c6ccc7c(c6)c6ccccc6n7C6=CCCC=C6)cc54)c3)C=C(c3ccc(C4=CCCC=C4)cc3)N2)c1. The van der Waals surface area contributed by atoms with Crippen molar-refractivity contribution in [3.63, 3.8) is 0 Å². The highest BCUT2D eigenvalue weighted by Gasteiger charge is 2.22. The monoisotopic (exact) mass is 821 g/mol. The Labute approximate surface area is 372 Å². The van der Waals surface area contributed by atoms with Gasteiger partial charge in [-0.25, -0.2) is 0 Å². The smallest absolute Gasteiger partial charge is 0.133 e. The van der Waals surface area contributed by atoms with E-state index in [0.29, 0.717) is 5.56 Å². The molecule has 64 heavy (non-hydrogen) atoms. The first-order valence-corrected chi connectivity index (χ1v) is 22.3. The zero-order chi connectivity index (χ0) is 42.6. The van der Waals surface area contributed by atoms with Crippen LogP contribution < -0.4 is 5.32 Å². The van der Waals surface area contributed by atoms with E-state index in [4.69, 9.17) is 4.99 Å². The lowest BCUT2D eigenvalue weighted by atomic mass is 9.96. The molecule has 1 aliphatic heterocycles. The lowest BCUT2D eigenvalue weighted by Crippen LogP contribution is -2.27. The highest BCUT2D eigenvalue weighted by molar-refractivity contribution is 6.13. The van der Waals surface area contributed by atoms with E-state index in [1.807, 2.05) is 24.3 Å². The molecule has 0 bridgehead atoms. The van der Waals surface area contributed by atoms with Gasteiger partial charge >= 0.3 is 0 Å². The van der Waals surface area contributed by atoms with Crippen molar-refractivity contribution in [2.45, 2.75) is 31.7 Å². The van der Waals surface area contributed by atoms with E-state index in [9.17, 15) is 5.26 Å². The van der Waals surface area contributed by atoms with Gasteiger partial charge in [-0.05, 0) is 126 Å². The van der Waals surface area contributed by atoms with Gasteiger partial charge in [0.2, 0.25) is 0 Å². The van der Waals surface area contributed by atoms with Gasteiger partial charge in [-0.15, -0.1) is 0 Å². The van der Waals surface area contributed by atoms with Gasteiger partial charge in [0.05, 0.1) is 39.7 Å². The van der Waals surface area contributed by atoms with Crippen molar-refractivity contribution in [1.82, 2.24) is 14.5 Å². The Hall–Kier alpha value is -8.20. The van der Waals surface area contributed by atoms with E-state index in [2.05, 4.69) is 197 Å². The van der Waals surface area contributed by atoms with Crippen LogP contribution in [0.15, 0.2) is 205 Å². The number of rotatable bonds is 7. The summed E-state index contributed by atoms with van der Waals surface area (Å²) in [4.78, 5) is 5.33. The lowest BCUT2D eigenvalue weighted by Gasteiger charge is -2.24. The van der Waals surface area contributed by atoms with Gasteiger partial charge < -0.3 is 14.5 Å². The molecule has 2 aromatic heterocycles. The third-order valence-electron chi connectivity index (χ3n) is 13.0. The van der Waals surface area contributed by atoms with Crippen molar-refractivity contribution in [2.24, 2.45) is 4.99 Å². The fourth-order valence-electron chi connectivity index (χ4n) is 9.90. The average Bonchev–Trinajstić information content (AvgIpc) is 3.89. The summed E-state index contributed by atoms with van der Waals surface area (Å²) < 4.78 is 4.82. The highest BCUT2D eigenvalue weighted by atomic mass is 15.0. The number of aromatic nitrogens is 2. The van der Waals surface area contributed by atoms with Crippen LogP contribution >= 0.6 is 0 Å². The Bertz CT molecular complexity index is 3590. The zero-order valence-corrected chi connectivity index (χ0v) is 35.2. The Balaban J connectivity index is 0.971. The number of hydrogen-bond acceptors (Lipinski definition) is 3. The second-order valence-electron chi connectivity index (χ2n) is 16.9. The number of benzene rings is 7. The molecule has 0 radical (unpaired) electrons. The summed E-state index contributed by atoms with van der Waals surface area (Å²) >= 11 is 0. The van der Waals surface area contributed by atoms with Crippen LogP contribution in [-0.2, 0) is 0 Å². The van der Waals surface area contributed by atoms with Crippen LogP contribution in [0.1, 0.15) is 59.5 Å². The van der Waals surface area contributed by atoms with Crippen LogP contribution in [0.25, 0.3) is 77.4 Å². The van der Waals surface area contributed by atoms with Gasteiger partial charge in [-0.2, -0.15) is 5.26 Å². The summed E-state index contributed by atoms with van der Waals surface area (Å²) in [5.41, 5.74) is 16.5. The Morgan fingerprint density at radius 1 is 0.516 bits per heavy atom. The summed E-state index contributed by atoms with van der Waals surface area (Å²) in [5, 5.41) is 18.4. The molecule has 0 saturated heterocycles. The van der Waals surface area contributed by atoms with E-state index in [1.54, 1.807) is 0 Å². The normalized spacial score (nSPS) is 16.1. The molecule has 3 aliphatic rings. The van der Waals surface area contributed by atoms with E-state index >= 15 is 0 Å². The Morgan fingerprint density at radius 2 is 1.20 bits per heavy atom. The fourth-order valence-corrected chi connectivity index (χ4v) is 9.90. The van der Waals surface area contributed by atoms with Crippen molar-refractivity contribution in [3.05, 3.63) is 228 Å². The van der Waals surface area contributed by atoms with Crippen molar-refractivity contribution in [3.8, 4) is 22.9 Å². The maximum atomic E-state index is 9.80. The molecular weight excluding hydrogens is 779 g/mol. The number of allylic oxidation sites excluding steroid dienone is 8. The summed E-state index contributed by atoms with van der Waals surface area (Å²) in [6.45, 7) is 0. The van der Waals surface area contributed by atoms with Gasteiger partial charge in [0.25, 0.3) is 0 Å². The number of para-hydroxylation sites is 2. The maximum absolute atomic E-state index is 9.80. The van der Waals surface area contributed by atoms with Crippen molar-refractivity contribution >= 4 is 66.4 Å². The molecule has 0 fully saturated rings. The zero-order valence-electron chi connectivity index (χ0n) is 35.2. The molecule has 12 rings (SSSR count). The predicted octanol–water partition coefficient (Wildman–Crippen LogP) is 14.5. The Kier molecular flexibility index (Phi) is 9.16. The molecule has 0 saturated carbocycles. The minimum Gasteiger partial charge on any atom is -0.340 e. The number of amidine groups is 1. The van der Waals surface area contributed by atoms with Gasteiger partial charge in [-0.3, -0.25) is 4.99 Å². The molecule has 9 aromatic rings. The van der Waals surface area contributed by atoms with E-state index in [0.717, 1.165) is 70.6 Å². The van der Waals surface area contributed by atoms with Crippen LogP contribution in [0.3, 0.4) is 0 Å². The topological polar surface area (TPSA) is 58.0 Å². The average molecular weight is 822 g/mol. The molecule has 5 heteroatoms. The molecular formula is C59H43N5. The molecule has 0 spiro atoms. The molecule has 5 nitrogen and oxygen atoms in total. The largest absolute Gasteiger partial charge is 0.340 e. The van der Waals surface area contributed by atoms with Gasteiger partial charge in [0.1, 0.15) is 5.84 Å². The number of nitrogens with one attached hydrogen (secondary N) is 1. The van der Waals surface area contributed by atoms with Gasteiger partial charge in [0.15, 0.2) is 0 Å². The number of nitrogens with zero attached hydrogens (tertiary/aromatic N) is 4. The number of fused-ring (bicyclic) bond motifs is 6. The second-order valence-corrected chi connectivity index (χ2v) is 16.9. The van der Waals surface area contributed by atoms with E-state index in [1.165, 1.54) is 60.5 Å². The first-order valence-electron chi connectivity index (χ1n) is 22.3. The second kappa shape index (κ2) is 15.6. The minimum atomic E-state index is -0.280. The first-order chi connectivity index (χ1) is 31.7. The standard InChI is InChI=1S/C59H43N5/c60-38-39-13-11-17-46(33-39)59-61-53(42-27-25-41(26-28-42)40-14-3-1-4-15-40)37-54(62-59)45-16-12-20-48(34-45)64-55-23-9-7-21-49(55)51-31-29-44(36-58(51)64)43-30-32-57-52(35-43)50-22-8-10-24-56(50)63(57)47-18-5-2-6-19-47/h3,5,7-37,54H,1-2,4,6H2,(H,61,62). The van der Waals surface area contributed by atoms with Crippen molar-refractivity contribution in [2.75, 3.05) is 0 Å². The lowest BCUT2D eigenvalue weighted by molar-refractivity contribution is 0.878. The molecule has 1 unspecified atom stereocenters. The Morgan fingerprint density at radius 3 is 2.00 bits per heavy atom. The molecule has 7 aromatic carbocycles. The number of nitriles is 1. The van der Waals surface area contributed by atoms with Crippen molar-refractivity contribution < 1.29 is 0 Å².